The second-order valence-electron chi connectivity index (χ2n) is 5.25. The highest BCUT2D eigenvalue weighted by molar-refractivity contribution is 9.43. The summed E-state index contributed by atoms with van der Waals surface area (Å²) in [5, 5.41) is 3.95. The predicted molar refractivity (Wildman–Crippen MR) is 116 cm³/mol. The zero-order chi connectivity index (χ0) is 15.3. The molecule has 1 aliphatic heterocycles. The van der Waals surface area contributed by atoms with Gasteiger partial charge < -0.3 is 0 Å². The number of rotatable bonds is 3. The summed E-state index contributed by atoms with van der Waals surface area (Å²) in [6, 6.07) is 11.3. The second-order valence-corrected chi connectivity index (χ2v) is 15.3. The van der Waals surface area contributed by atoms with E-state index >= 15 is 0 Å². The van der Waals surface area contributed by atoms with Gasteiger partial charge in [-0.25, -0.2) is 0 Å². The van der Waals surface area contributed by atoms with Crippen molar-refractivity contribution in [1.29, 1.82) is 0 Å². The van der Waals surface area contributed by atoms with Gasteiger partial charge in [-0.3, -0.25) is 5.32 Å². The van der Waals surface area contributed by atoms with Crippen molar-refractivity contribution in [3.63, 3.8) is 0 Å². The van der Waals surface area contributed by atoms with Crippen molar-refractivity contribution >= 4 is 77.3 Å². The van der Waals surface area contributed by atoms with Crippen LogP contribution in [0.1, 0.15) is 37.7 Å². The fourth-order valence-corrected chi connectivity index (χ4v) is 16.2. The molecule has 0 aromatic heterocycles. The molecule has 3 rings (SSSR count). The van der Waals surface area contributed by atoms with Crippen LogP contribution in [0.4, 0.5) is 0 Å². The van der Waals surface area contributed by atoms with Gasteiger partial charge >= 0.3 is 0 Å². The Morgan fingerprint density at radius 3 is 2.45 bits per heavy atom. The highest BCUT2D eigenvalue weighted by atomic mass is 33.9. The Balaban J connectivity index is 1.90. The van der Waals surface area contributed by atoms with Crippen LogP contribution >= 0.6 is 73.1 Å². The molecule has 22 heavy (non-hydrogen) atoms. The Hall–Kier alpha value is 1.37. The van der Waals surface area contributed by atoms with E-state index in [1.165, 1.54) is 37.7 Å². The lowest BCUT2D eigenvalue weighted by Gasteiger charge is -2.39. The van der Waals surface area contributed by atoms with Crippen LogP contribution in [0.15, 0.2) is 30.3 Å². The molecule has 1 saturated heterocycles. The largest absolute Gasteiger partial charge is 0.291 e. The molecule has 0 amide bonds. The number of thiocarbonyl (C=S) groups is 1. The first-order chi connectivity index (χ1) is 10.8. The molecule has 2 aliphatic rings. The first-order valence-electron chi connectivity index (χ1n) is 7.21. The van der Waals surface area contributed by atoms with E-state index in [2.05, 4.69) is 35.6 Å². The third-order valence-corrected chi connectivity index (χ3v) is 15.9. The van der Waals surface area contributed by atoms with Gasteiger partial charge in [0.25, 0.3) is 0 Å². The smallest absolute Gasteiger partial charge is 0.144 e. The van der Waals surface area contributed by atoms with E-state index in [-0.39, 0.29) is 4.87 Å². The molecule has 0 radical (unpaired) electrons. The lowest BCUT2D eigenvalue weighted by molar-refractivity contribution is 0.355. The summed E-state index contributed by atoms with van der Waals surface area (Å²) in [5.74, 6) is 0. The van der Waals surface area contributed by atoms with Crippen LogP contribution in [0.2, 0.25) is 0 Å². The molecule has 1 N–H and O–H groups in total. The molecule has 1 atom stereocenters. The summed E-state index contributed by atoms with van der Waals surface area (Å²) in [6.07, 6.45) is 6.57. The van der Waals surface area contributed by atoms with Gasteiger partial charge in [0.2, 0.25) is 0 Å². The molecule has 8 heteroatoms. The van der Waals surface area contributed by atoms with Crippen LogP contribution < -0.4 is 5.32 Å². The Kier molecular flexibility index (Phi) is 7.58. The molecule has 1 saturated carbocycles. The van der Waals surface area contributed by atoms with Crippen molar-refractivity contribution in [2.45, 2.75) is 43.0 Å². The summed E-state index contributed by atoms with van der Waals surface area (Å²) in [6.45, 7) is 0. The van der Waals surface area contributed by atoms with E-state index in [9.17, 15) is 0 Å². The Labute approximate surface area is 160 Å². The zero-order valence-electron chi connectivity index (χ0n) is 11.9. The van der Waals surface area contributed by atoms with Gasteiger partial charge in [0, 0.05) is 6.04 Å². The first kappa shape index (κ1) is 18.2. The monoisotopic (exact) mass is 423 g/mol. The van der Waals surface area contributed by atoms with Gasteiger partial charge in [0.1, 0.15) is 4.87 Å². The first-order valence-corrected chi connectivity index (χ1v) is 15.1. The molecule has 1 aromatic carbocycles. The minimum absolute atomic E-state index is 0.269. The summed E-state index contributed by atoms with van der Waals surface area (Å²) in [4.78, 5) is -0.269. The Bertz CT molecular complexity index is 491. The maximum Gasteiger partial charge on any atom is 0.144 e. The third kappa shape index (κ3) is 4.50. The van der Waals surface area contributed by atoms with Crippen molar-refractivity contribution in [3.05, 3.63) is 35.9 Å². The van der Waals surface area contributed by atoms with Crippen LogP contribution in [0.5, 0.6) is 0 Å². The fourth-order valence-electron chi connectivity index (χ4n) is 2.76. The van der Waals surface area contributed by atoms with Gasteiger partial charge in [-0.1, -0.05) is 61.8 Å². The number of benzene rings is 1. The Morgan fingerprint density at radius 1 is 0.955 bits per heavy atom. The predicted octanol–water partition coefficient (Wildman–Crippen LogP) is 7.08. The van der Waals surface area contributed by atoms with Crippen molar-refractivity contribution in [1.82, 2.24) is 5.32 Å². The van der Waals surface area contributed by atoms with Gasteiger partial charge in [-0.15, -0.1) is 0 Å². The van der Waals surface area contributed by atoms with Crippen molar-refractivity contribution < 1.29 is 0 Å². The molecule has 120 valence electrons. The minimum atomic E-state index is -0.269. The van der Waals surface area contributed by atoms with Crippen LogP contribution in [0.3, 0.4) is 0 Å². The van der Waals surface area contributed by atoms with Crippen molar-refractivity contribution in [2.24, 2.45) is 0 Å². The summed E-state index contributed by atoms with van der Waals surface area (Å²) in [5.41, 5.74) is 1.28. The van der Waals surface area contributed by atoms with Gasteiger partial charge in [0.15, 0.2) is 0 Å². The quantitative estimate of drug-likeness (QED) is 0.403. The molecule has 1 aliphatic carbocycles. The maximum absolute atomic E-state index is 5.86. The van der Waals surface area contributed by atoms with Crippen molar-refractivity contribution in [3.8, 4) is 0 Å². The number of hydrogen-bond donors (Lipinski definition) is 1. The average molecular weight is 424 g/mol. The fraction of sp³-hybridized carbons (Fsp3) is 0.500. The molecule has 0 bridgehead atoms. The second kappa shape index (κ2) is 9.17. The average Bonchev–Trinajstić information content (AvgIpc) is 2.56. The lowest BCUT2D eigenvalue weighted by atomic mass is 9.94. The molecule has 1 aromatic rings. The molecule has 0 unspecified atom stereocenters. The van der Waals surface area contributed by atoms with Gasteiger partial charge in [-0.05, 0) is 79.3 Å². The molecular weight excluding hydrogens is 407 g/mol. The van der Waals surface area contributed by atoms with E-state index < -0.39 is 0 Å². The normalized spacial score (nSPS) is 28.1. The standard InChI is InChI=1S/C14H17NS7/c16-13-14(11-7-3-1-4-8-11,18-20-22-21-19-17-13)15-12-9-5-2-6-10-12/h1,3-4,7-8,12,15H,2,5-6,9-10H2/t14-/m1/s1. The number of nitrogens with one attached hydrogen (secondary N) is 1. The van der Waals surface area contributed by atoms with E-state index in [0.29, 0.717) is 6.04 Å². The van der Waals surface area contributed by atoms with Crippen LogP contribution in [-0.4, -0.2) is 10.2 Å². The highest BCUT2D eigenvalue weighted by Gasteiger charge is 2.41. The summed E-state index contributed by atoms with van der Waals surface area (Å²) >= 11 is 5.86. The Morgan fingerprint density at radius 2 is 1.68 bits per heavy atom. The summed E-state index contributed by atoms with van der Waals surface area (Å²) < 4.78 is 1.04. The molecule has 0 spiro atoms. The topological polar surface area (TPSA) is 12.0 Å². The van der Waals surface area contributed by atoms with E-state index in [0.717, 1.165) is 4.20 Å². The lowest BCUT2D eigenvalue weighted by Crippen LogP contribution is -2.49. The molecule has 1 nitrogen and oxygen atoms in total. The van der Waals surface area contributed by atoms with E-state index in [4.69, 9.17) is 12.2 Å². The van der Waals surface area contributed by atoms with Crippen LogP contribution in [-0.2, 0) is 4.87 Å². The molecule has 2 fully saturated rings. The van der Waals surface area contributed by atoms with Crippen LogP contribution in [0.25, 0.3) is 0 Å². The van der Waals surface area contributed by atoms with E-state index in [1.807, 2.05) is 30.4 Å². The van der Waals surface area contributed by atoms with Gasteiger partial charge in [0.05, 0.1) is 4.20 Å². The van der Waals surface area contributed by atoms with Crippen LogP contribution in [0, 0.1) is 0 Å². The minimum Gasteiger partial charge on any atom is -0.291 e. The highest BCUT2D eigenvalue weighted by Crippen LogP contribution is 2.62. The molecule has 1 heterocycles. The number of hydrogen-bond acceptors (Lipinski definition) is 8. The zero-order valence-corrected chi connectivity index (χ0v) is 17.6. The third-order valence-electron chi connectivity index (χ3n) is 3.83. The maximum atomic E-state index is 5.86. The molecular formula is C14H17NS7. The summed E-state index contributed by atoms with van der Waals surface area (Å²) in [7, 11) is 10.8. The van der Waals surface area contributed by atoms with Gasteiger partial charge in [-0.2, -0.15) is 0 Å². The SMILES string of the molecule is S=C1SSSSSS[C@]1(NC1CCCCC1)c1ccccc1. The van der Waals surface area contributed by atoms with Crippen molar-refractivity contribution in [2.75, 3.05) is 0 Å². The van der Waals surface area contributed by atoms with E-state index in [1.54, 1.807) is 30.4 Å².